The van der Waals surface area contributed by atoms with Crippen LogP contribution in [0.25, 0.3) is 0 Å². The minimum atomic E-state index is -0.453. The topological polar surface area (TPSA) is 38.7 Å². The van der Waals surface area contributed by atoms with Gasteiger partial charge in [0.25, 0.3) is 0 Å². The Morgan fingerprint density at radius 1 is 1.35 bits per heavy atom. The first-order valence-corrected chi connectivity index (χ1v) is 5.84. The van der Waals surface area contributed by atoms with E-state index in [0.29, 0.717) is 5.56 Å². The molecule has 0 spiro atoms. The molecule has 1 aromatic rings. The molecule has 17 heavy (non-hydrogen) atoms. The van der Waals surface area contributed by atoms with Gasteiger partial charge in [0.2, 0.25) is 0 Å². The third-order valence-electron chi connectivity index (χ3n) is 2.49. The molecule has 0 saturated carbocycles. The standard InChI is InChI=1S/C14H17NO2/c1-14(2,3)17-13(16)11-6-7-12-10(9-11)5-4-8-15-12/h6-9H,4-5H2,1-3H3. The number of ether oxygens (including phenoxy) is 1. The van der Waals surface area contributed by atoms with Crippen molar-refractivity contribution in [3.63, 3.8) is 0 Å². The summed E-state index contributed by atoms with van der Waals surface area (Å²) >= 11 is 0. The molecule has 0 N–H and O–H groups in total. The highest BCUT2D eigenvalue weighted by Gasteiger charge is 2.19. The largest absolute Gasteiger partial charge is 0.456 e. The van der Waals surface area contributed by atoms with Crippen LogP contribution in [0.2, 0.25) is 0 Å². The van der Waals surface area contributed by atoms with Gasteiger partial charge in [-0.1, -0.05) is 0 Å². The Balaban J connectivity index is 2.23. The van der Waals surface area contributed by atoms with Gasteiger partial charge in [0.05, 0.1) is 11.3 Å². The van der Waals surface area contributed by atoms with Crippen molar-refractivity contribution in [3.05, 3.63) is 29.3 Å². The Bertz CT molecular complexity index is 470. The van der Waals surface area contributed by atoms with E-state index in [-0.39, 0.29) is 5.97 Å². The van der Waals surface area contributed by atoms with E-state index >= 15 is 0 Å². The molecule has 90 valence electrons. The average Bonchev–Trinajstić information content (AvgIpc) is 2.26. The fourth-order valence-electron chi connectivity index (χ4n) is 1.76. The van der Waals surface area contributed by atoms with Gasteiger partial charge in [-0.25, -0.2) is 4.79 Å². The van der Waals surface area contributed by atoms with Crippen molar-refractivity contribution in [2.24, 2.45) is 4.99 Å². The molecule has 0 bridgehead atoms. The van der Waals surface area contributed by atoms with Crippen LogP contribution in [-0.4, -0.2) is 17.8 Å². The van der Waals surface area contributed by atoms with Crippen LogP contribution >= 0.6 is 0 Å². The summed E-state index contributed by atoms with van der Waals surface area (Å²) in [7, 11) is 0. The number of aliphatic imine (C=N–C) groups is 1. The van der Waals surface area contributed by atoms with Crippen LogP contribution in [0.1, 0.15) is 43.1 Å². The summed E-state index contributed by atoms with van der Waals surface area (Å²) < 4.78 is 5.34. The van der Waals surface area contributed by atoms with Gasteiger partial charge in [0.1, 0.15) is 5.60 Å². The average molecular weight is 231 g/mol. The van der Waals surface area contributed by atoms with E-state index in [0.717, 1.165) is 24.1 Å². The summed E-state index contributed by atoms with van der Waals surface area (Å²) in [5.41, 5.74) is 2.24. The van der Waals surface area contributed by atoms with Gasteiger partial charge in [-0.2, -0.15) is 0 Å². The van der Waals surface area contributed by atoms with E-state index in [1.54, 1.807) is 6.07 Å². The molecule has 0 atom stereocenters. The Kier molecular flexibility index (Phi) is 3.01. The van der Waals surface area contributed by atoms with Crippen LogP contribution in [0, 0.1) is 0 Å². The molecule has 0 unspecified atom stereocenters. The van der Waals surface area contributed by atoms with Crippen LogP contribution in [0.4, 0.5) is 5.69 Å². The molecule has 0 radical (unpaired) electrons. The summed E-state index contributed by atoms with van der Waals surface area (Å²) in [4.78, 5) is 16.2. The van der Waals surface area contributed by atoms with Crippen LogP contribution in [-0.2, 0) is 11.2 Å². The molecule has 0 fully saturated rings. The molecule has 1 aliphatic rings. The quantitative estimate of drug-likeness (QED) is 0.696. The first kappa shape index (κ1) is 11.8. The van der Waals surface area contributed by atoms with Gasteiger partial charge in [-0.3, -0.25) is 4.99 Å². The summed E-state index contributed by atoms with van der Waals surface area (Å²) in [6.45, 7) is 5.61. The summed E-state index contributed by atoms with van der Waals surface area (Å²) in [5.74, 6) is -0.269. The van der Waals surface area contributed by atoms with Crippen LogP contribution < -0.4 is 0 Å². The van der Waals surface area contributed by atoms with Crippen molar-refractivity contribution in [1.29, 1.82) is 0 Å². The number of fused-ring (bicyclic) bond motifs is 1. The van der Waals surface area contributed by atoms with Crippen LogP contribution in [0.3, 0.4) is 0 Å². The van der Waals surface area contributed by atoms with Gasteiger partial charge in [-0.15, -0.1) is 0 Å². The Hall–Kier alpha value is -1.64. The Morgan fingerprint density at radius 2 is 2.12 bits per heavy atom. The zero-order valence-corrected chi connectivity index (χ0v) is 10.5. The van der Waals surface area contributed by atoms with Crippen LogP contribution in [0.5, 0.6) is 0 Å². The summed E-state index contributed by atoms with van der Waals surface area (Å²) in [5, 5.41) is 0. The molecule has 2 rings (SSSR count). The van der Waals surface area contributed by atoms with Gasteiger partial charge in [-0.05, 0) is 57.4 Å². The SMILES string of the molecule is CC(C)(C)OC(=O)c1ccc2c(c1)CCC=N2. The van der Waals surface area contributed by atoms with Crippen molar-refractivity contribution in [1.82, 2.24) is 0 Å². The van der Waals surface area contributed by atoms with Crippen molar-refractivity contribution < 1.29 is 9.53 Å². The molecule has 0 aliphatic carbocycles. The predicted molar refractivity (Wildman–Crippen MR) is 68.1 cm³/mol. The molecule has 3 nitrogen and oxygen atoms in total. The number of hydrogen-bond acceptors (Lipinski definition) is 3. The van der Waals surface area contributed by atoms with E-state index in [4.69, 9.17) is 4.74 Å². The highest BCUT2D eigenvalue weighted by atomic mass is 16.6. The lowest BCUT2D eigenvalue weighted by Crippen LogP contribution is -2.24. The molecule has 1 aromatic carbocycles. The fraction of sp³-hybridized carbons (Fsp3) is 0.429. The zero-order chi connectivity index (χ0) is 12.5. The summed E-state index contributed by atoms with van der Waals surface area (Å²) in [6.07, 6.45) is 3.79. The lowest BCUT2D eigenvalue weighted by Gasteiger charge is -2.20. The second-order valence-electron chi connectivity index (χ2n) is 5.20. The van der Waals surface area contributed by atoms with Crippen molar-refractivity contribution in [2.75, 3.05) is 0 Å². The third-order valence-corrected chi connectivity index (χ3v) is 2.49. The number of benzene rings is 1. The van der Waals surface area contributed by atoms with Gasteiger partial charge in [0.15, 0.2) is 0 Å². The maximum Gasteiger partial charge on any atom is 0.338 e. The normalized spacial score (nSPS) is 14.3. The highest BCUT2D eigenvalue weighted by Crippen LogP contribution is 2.25. The number of carbonyl (C=O) groups is 1. The van der Waals surface area contributed by atoms with E-state index in [2.05, 4.69) is 4.99 Å². The van der Waals surface area contributed by atoms with Crippen molar-refractivity contribution >= 4 is 17.9 Å². The number of rotatable bonds is 1. The number of aryl methyl sites for hydroxylation is 1. The van der Waals surface area contributed by atoms with E-state index in [1.165, 1.54) is 0 Å². The molecular weight excluding hydrogens is 214 g/mol. The number of nitrogens with zero attached hydrogens (tertiary/aromatic N) is 1. The zero-order valence-electron chi connectivity index (χ0n) is 10.5. The smallest absolute Gasteiger partial charge is 0.338 e. The number of carbonyl (C=O) groups excluding carboxylic acids is 1. The van der Waals surface area contributed by atoms with Gasteiger partial charge in [0, 0.05) is 6.21 Å². The van der Waals surface area contributed by atoms with Crippen molar-refractivity contribution in [3.8, 4) is 0 Å². The van der Waals surface area contributed by atoms with Crippen LogP contribution in [0.15, 0.2) is 23.2 Å². The van der Waals surface area contributed by atoms with E-state index in [9.17, 15) is 4.79 Å². The van der Waals surface area contributed by atoms with E-state index in [1.807, 2.05) is 39.1 Å². The van der Waals surface area contributed by atoms with E-state index < -0.39 is 5.60 Å². The maximum absolute atomic E-state index is 11.9. The maximum atomic E-state index is 11.9. The first-order chi connectivity index (χ1) is 7.96. The van der Waals surface area contributed by atoms with Gasteiger partial charge >= 0.3 is 5.97 Å². The fourth-order valence-corrected chi connectivity index (χ4v) is 1.76. The summed E-state index contributed by atoms with van der Waals surface area (Å²) in [6, 6.07) is 5.54. The van der Waals surface area contributed by atoms with Crippen molar-refractivity contribution in [2.45, 2.75) is 39.2 Å². The molecular formula is C14H17NO2. The number of hydrogen-bond donors (Lipinski definition) is 0. The molecule has 0 saturated heterocycles. The number of esters is 1. The monoisotopic (exact) mass is 231 g/mol. The first-order valence-electron chi connectivity index (χ1n) is 5.84. The molecule has 1 heterocycles. The minimum Gasteiger partial charge on any atom is -0.456 e. The highest BCUT2D eigenvalue weighted by molar-refractivity contribution is 5.90. The lowest BCUT2D eigenvalue weighted by atomic mass is 10.0. The second kappa shape index (κ2) is 4.32. The van der Waals surface area contributed by atoms with Gasteiger partial charge < -0.3 is 4.74 Å². The Labute approximate surface area is 102 Å². The predicted octanol–water partition coefficient (Wildman–Crippen LogP) is 3.29. The molecule has 1 aliphatic heterocycles. The lowest BCUT2D eigenvalue weighted by molar-refractivity contribution is 0.00695. The second-order valence-corrected chi connectivity index (χ2v) is 5.20. The molecule has 0 amide bonds. The Morgan fingerprint density at radius 3 is 2.82 bits per heavy atom. The molecule has 0 aromatic heterocycles. The third kappa shape index (κ3) is 2.93. The minimum absolute atomic E-state index is 0.269. The molecule has 3 heteroatoms.